The predicted molar refractivity (Wildman–Crippen MR) is 349 cm³/mol. The smallest absolute Gasteiger partial charge is 0.462 e. The molecule has 0 bridgehead atoms. The topological polar surface area (TPSA) is 237 Å². The lowest BCUT2D eigenvalue weighted by atomic mass is 10.0. The van der Waals surface area contributed by atoms with Crippen LogP contribution in [-0.2, 0) is 65.4 Å². The van der Waals surface area contributed by atoms with E-state index in [-0.39, 0.29) is 25.7 Å². The first-order valence-corrected chi connectivity index (χ1v) is 38.3. The second-order valence-electron chi connectivity index (χ2n) is 26.0. The summed E-state index contributed by atoms with van der Waals surface area (Å²) < 4.78 is 68.0. The van der Waals surface area contributed by atoms with Gasteiger partial charge in [-0.25, -0.2) is 9.13 Å². The number of unbranched alkanes of at least 4 members (excludes halogenated alkanes) is 34. The maximum absolute atomic E-state index is 13.0. The van der Waals surface area contributed by atoms with Gasteiger partial charge >= 0.3 is 39.5 Å². The van der Waals surface area contributed by atoms with E-state index in [2.05, 4.69) is 48.5 Å². The van der Waals surface area contributed by atoms with Gasteiger partial charge < -0.3 is 33.8 Å². The number of hydrogen-bond acceptors (Lipinski definition) is 15. The lowest BCUT2D eigenvalue weighted by Gasteiger charge is -2.21. The van der Waals surface area contributed by atoms with Gasteiger partial charge in [-0.1, -0.05) is 286 Å². The summed E-state index contributed by atoms with van der Waals surface area (Å²) >= 11 is 0. The van der Waals surface area contributed by atoms with Gasteiger partial charge in [0.15, 0.2) is 12.2 Å². The Kier molecular flexibility index (Phi) is 57.8. The predicted octanol–water partition coefficient (Wildman–Crippen LogP) is 19.1. The molecule has 3 N–H and O–H groups in total. The lowest BCUT2D eigenvalue weighted by molar-refractivity contribution is -0.161. The molecule has 19 heteroatoms. The van der Waals surface area contributed by atoms with Gasteiger partial charge in [-0.3, -0.25) is 37.3 Å². The second-order valence-corrected chi connectivity index (χ2v) is 28.9. The van der Waals surface area contributed by atoms with Crippen molar-refractivity contribution in [3.63, 3.8) is 0 Å². The molecule has 0 aliphatic heterocycles. The molecule has 516 valence electrons. The minimum absolute atomic E-state index is 0.104. The van der Waals surface area contributed by atoms with E-state index in [1.807, 2.05) is 0 Å². The van der Waals surface area contributed by atoms with Crippen LogP contribution >= 0.6 is 15.6 Å². The van der Waals surface area contributed by atoms with Crippen LogP contribution in [0.15, 0.2) is 0 Å². The molecule has 0 spiro atoms. The number of hydrogen-bond donors (Lipinski definition) is 3. The van der Waals surface area contributed by atoms with Crippen LogP contribution < -0.4 is 0 Å². The molecule has 0 aliphatic rings. The minimum Gasteiger partial charge on any atom is -0.462 e. The summed E-state index contributed by atoms with van der Waals surface area (Å²) in [6, 6.07) is 0. The van der Waals surface area contributed by atoms with Gasteiger partial charge in [0.05, 0.1) is 26.4 Å². The fourth-order valence-electron chi connectivity index (χ4n) is 10.2. The van der Waals surface area contributed by atoms with Crippen LogP contribution in [0.4, 0.5) is 0 Å². The van der Waals surface area contributed by atoms with E-state index in [1.165, 1.54) is 141 Å². The molecule has 0 aromatic heterocycles. The zero-order valence-corrected chi connectivity index (χ0v) is 58.3. The number of aliphatic hydroxyl groups is 1. The van der Waals surface area contributed by atoms with Crippen LogP contribution in [0.5, 0.6) is 0 Å². The Morgan fingerprint density at radius 2 is 0.529 bits per heavy atom. The molecule has 0 aliphatic carbocycles. The zero-order chi connectivity index (χ0) is 64.5. The molecule has 0 amide bonds. The Morgan fingerprint density at radius 1 is 0.310 bits per heavy atom. The maximum atomic E-state index is 13.0. The van der Waals surface area contributed by atoms with Crippen LogP contribution in [0.25, 0.3) is 0 Å². The Bertz CT molecular complexity index is 1720. The van der Waals surface area contributed by atoms with Gasteiger partial charge in [0.2, 0.25) is 0 Å². The van der Waals surface area contributed by atoms with Crippen molar-refractivity contribution < 1.29 is 80.2 Å². The average Bonchev–Trinajstić information content (AvgIpc) is 3.68. The molecule has 2 unspecified atom stereocenters. The van der Waals surface area contributed by atoms with Crippen molar-refractivity contribution in [2.24, 2.45) is 17.8 Å². The van der Waals surface area contributed by atoms with E-state index >= 15 is 0 Å². The van der Waals surface area contributed by atoms with E-state index in [0.29, 0.717) is 25.7 Å². The van der Waals surface area contributed by atoms with Crippen molar-refractivity contribution in [3.8, 4) is 0 Å². The molecule has 0 saturated heterocycles. The van der Waals surface area contributed by atoms with Gasteiger partial charge in [0, 0.05) is 25.7 Å². The lowest BCUT2D eigenvalue weighted by Crippen LogP contribution is -2.30. The Labute approximate surface area is 530 Å². The van der Waals surface area contributed by atoms with Crippen molar-refractivity contribution in [3.05, 3.63) is 0 Å². The molecule has 0 aromatic carbocycles. The quantitative estimate of drug-likeness (QED) is 0.0222. The molecule has 0 radical (unpaired) electrons. The molecular formula is C68H132O17P2. The average molecular weight is 1280 g/mol. The molecule has 17 nitrogen and oxygen atoms in total. The first kappa shape index (κ1) is 85.1. The first-order valence-electron chi connectivity index (χ1n) is 35.3. The summed E-state index contributed by atoms with van der Waals surface area (Å²) in [6.45, 7) is 11.7. The number of carbonyl (C=O) groups is 4. The first-order chi connectivity index (χ1) is 41.7. The number of esters is 4. The summed E-state index contributed by atoms with van der Waals surface area (Å²) in [6.07, 6.45) is 42.0. The van der Waals surface area contributed by atoms with Crippen LogP contribution in [0.1, 0.15) is 337 Å². The van der Waals surface area contributed by atoms with Gasteiger partial charge in [-0.15, -0.1) is 0 Å². The highest BCUT2D eigenvalue weighted by molar-refractivity contribution is 7.47. The summed E-state index contributed by atoms with van der Waals surface area (Å²) in [5, 5.41) is 10.5. The number of ether oxygens (including phenoxy) is 4. The second kappa shape index (κ2) is 59.1. The summed E-state index contributed by atoms with van der Waals surface area (Å²) in [7, 11) is -9.89. The molecule has 0 aromatic rings. The minimum atomic E-state index is -4.95. The number of rotatable bonds is 66. The molecule has 87 heavy (non-hydrogen) atoms. The largest absolute Gasteiger partial charge is 0.472 e. The molecule has 0 heterocycles. The van der Waals surface area contributed by atoms with Gasteiger partial charge in [0.25, 0.3) is 0 Å². The molecule has 0 rings (SSSR count). The number of aliphatic hydroxyl groups excluding tert-OH is 1. The maximum Gasteiger partial charge on any atom is 0.472 e. The number of phosphoric acid groups is 2. The normalized spacial score (nSPS) is 14.3. The fraction of sp³-hybridized carbons (Fsp3) is 0.941. The van der Waals surface area contributed by atoms with Crippen molar-refractivity contribution in [2.45, 2.75) is 356 Å². The number of carbonyl (C=O) groups excluding carboxylic acids is 4. The zero-order valence-electron chi connectivity index (χ0n) is 56.5. The Balaban J connectivity index is 5.17. The highest BCUT2D eigenvalue weighted by atomic mass is 31.2. The van der Waals surface area contributed by atoms with Crippen LogP contribution in [0, 0.1) is 17.8 Å². The van der Waals surface area contributed by atoms with Gasteiger partial charge in [-0.2, -0.15) is 0 Å². The Morgan fingerprint density at radius 3 is 0.782 bits per heavy atom. The van der Waals surface area contributed by atoms with E-state index < -0.39 is 97.5 Å². The van der Waals surface area contributed by atoms with Crippen molar-refractivity contribution in [1.82, 2.24) is 0 Å². The SMILES string of the molecule is CCCCCCCC(=O)OC[C@H](COP(=O)(O)OC[C@H](O)COP(=O)(O)OC[C@@H](COC(=O)CCCCCCCCCCCCCCC(C)C)OC(=O)CCCCCCCCCCCCCCC(C)C)OC(=O)CCCCCCCCCCCC(C)C. The fourth-order valence-corrected chi connectivity index (χ4v) is 11.8. The third-order valence-electron chi connectivity index (χ3n) is 15.6. The van der Waals surface area contributed by atoms with E-state index in [4.69, 9.17) is 37.0 Å². The van der Waals surface area contributed by atoms with Gasteiger partial charge in [0.1, 0.15) is 19.3 Å². The van der Waals surface area contributed by atoms with E-state index in [1.54, 1.807) is 0 Å². The summed E-state index contributed by atoms with van der Waals surface area (Å²) in [5.74, 6) is 0.156. The van der Waals surface area contributed by atoms with Crippen molar-refractivity contribution >= 4 is 39.5 Å². The van der Waals surface area contributed by atoms with Crippen LogP contribution in [-0.4, -0.2) is 96.7 Å². The number of phosphoric ester groups is 2. The molecule has 0 fully saturated rings. The van der Waals surface area contributed by atoms with E-state index in [9.17, 15) is 43.2 Å². The van der Waals surface area contributed by atoms with Crippen LogP contribution in [0.3, 0.4) is 0 Å². The molecule has 0 saturated carbocycles. The van der Waals surface area contributed by atoms with Gasteiger partial charge in [-0.05, 0) is 43.4 Å². The molecular weight excluding hydrogens is 1150 g/mol. The molecule has 5 atom stereocenters. The van der Waals surface area contributed by atoms with E-state index in [0.717, 1.165) is 114 Å². The monoisotopic (exact) mass is 1280 g/mol. The summed E-state index contributed by atoms with van der Waals surface area (Å²) in [4.78, 5) is 72.2. The standard InChI is InChI=1S/C68H132O17P2/c1-8-9-10-32-42-49-65(70)78-55-63(84-68(73)52-45-38-31-25-19-22-28-35-41-48-61(6)7)57-82-86(74,75)80-53-62(69)54-81-87(76,77)83-58-64(85-67(72)51-44-37-30-24-18-14-12-16-21-27-34-40-47-60(4)5)56-79-66(71)50-43-36-29-23-17-13-11-15-20-26-33-39-46-59(2)3/h59-64,69H,8-58H2,1-7H3,(H,74,75)(H,76,77)/t62-,63+,64+/m0/s1. The third kappa shape index (κ3) is 62.6. The van der Waals surface area contributed by atoms with Crippen molar-refractivity contribution in [2.75, 3.05) is 39.6 Å². The summed E-state index contributed by atoms with van der Waals surface area (Å²) in [5.41, 5.74) is 0. The Hall–Kier alpha value is -1.94. The highest BCUT2D eigenvalue weighted by Crippen LogP contribution is 2.45. The van der Waals surface area contributed by atoms with Crippen molar-refractivity contribution in [1.29, 1.82) is 0 Å². The highest BCUT2D eigenvalue weighted by Gasteiger charge is 2.30. The third-order valence-corrected chi connectivity index (χ3v) is 17.5. The van der Waals surface area contributed by atoms with Crippen LogP contribution in [0.2, 0.25) is 0 Å².